The summed E-state index contributed by atoms with van der Waals surface area (Å²) in [6, 6.07) is 0.525. The summed E-state index contributed by atoms with van der Waals surface area (Å²) in [6.45, 7) is 2.71. The van der Waals surface area contributed by atoms with Crippen LogP contribution in [0.2, 0.25) is 0 Å². The summed E-state index contributed by atoms with van der Waals surface area (Å²) in [6.07, 6.45) is 2.52. The number of ether oxygens (including phenoxy) is 1. The Morgan fingerprint density at radius 3 is 2.71 bits per heavy atom. The molecule has 0 aromatic carbocycles. The predicted molar refractivity (Wildman–Crippen MR) is 65.9 cm³/mol. The van der Waals surface area contributed by atoms with Crippen molar-refractivity contribution >= 4 is 5.91 Å². The van der Waals surface area contributed by atoms with E-state index in [1.165, 1.54) is 0 Å². The third kappa shape index (κ3) is 2.61. The van der Waals surface area contributed by atoms with Gasteiger partial charge in [-0.25, -0.2) is 0 Å². The van der Waals surface area contributed by atoms with E-state index in [-0.39, 0.29) is 11.9 Å². The van der Waals surface area contributed by atoms with Gasteiger partial charge in [-0.2, -0.15) is 0 Å². The van der Waals surface area contributed by atoms with Crippen molar-refractivity contribution in [1.29, 1.82) is 0 Å². The molecule has 1 saturated carbocycles. The van der Waals surface area contributed by atoms with E-state index >= 15 is 0 Å². The lowest BCUT2D eigenvalue weighted by atomic mass is 9.86. The van der Waals surface area contributed by atoms with Crippen molar-refractivity contribution in [3.05, 3.63) is 0 Å². The standard InChI is InChI=1S/C12H23N3O2/c1-14(2)12(16)11-8-13-4-5-15(11)9-6-10(7-9)17-3/h9-11,13H,4-8H2,1-3H3. The zero-order valence-electron chi connectivity index (χ0n) is 11.0. The summed E-state index contributed by atoms with van der Waals surface area (Å²) in [5, 5.41) is 3.31. The van der Waals surface area contributed by atoms with E-state index < -0.39 is 0 Å². The maximum Gasteiger partial charge on any atom is 0.240 e. The molecule has 5 nitrogen and oxygen atoms in total. The molecule has 98 valence electrons. The molecule has 1 heterocycles. The molecule has 0 aromatic rings. The van der Waals surface area contributed by atoms with Crippen molar-refractivity contribution in [2.24, 2.45) is 0 Å². The lowest BCUT2D eigenvalue weighted by molar-refractivity contribution is -0.139. The fourth-order valence-electron chi connectivity index (χ4n) is 2.69. The molecule has 5 heteroatoms. The summed E-state index contributed by atoms with van der Waals surface area (Å²) in [4.78, 5) is 16.2. The minimum Gasteiger partial charge on any atom is -0.381 e. The fourth-order valence-corrected chi connectivity index (χ4v) is 2.69. The van der Waals surface area contributed by atoms with Crippen LogP contribution in [-0.4, -0.2) is 74.7 Å². The molecule has 1 N–H and O–H groups in total. The SMILES string of the molecule is COC1CC(N2CCNCC2C(=O)N(C)C)C1. The van der Waals surface area contributed by atoms with Crippen molar-refractivity contribution in [2.75, 3.05) is 40.8 Å². The molecule has 0 spiro atoms. The summed E-state index contributed by atoms with van der Waals surface area (Å²) < 4.78 is 5.31. The second-order valence-electron chi connectivity index (χ2n) is 5.17. The van der Waals surface area contributed by atoms with E-state index in [0.717, 1.165) is 32.5 Å². The van der Waals surface area contributed by atoms with Crippen LogP contribution < -0.4 is 5.32 Å². The van der Waals surface area contributed by atoms with Crippen molar-refractivity contribution in [3.8, 4) is 0 Å². The minimum absolute atomic E-state index is 0.00144. The average molecular weight is 241 g/mol. The minimum atomic E-state index is 0.00144. The van der Waals surface area contributed by atoms with Gasteiger partial charge in [0.1, 0.15) is 6.04 Å². The number of rotatable bonds is 3. The molecule has 2 aliphatic rings. The van der Waals surface area contributed by atoms with Crippen LogP contribution in [-0.2, 0) is 9.53 Å². The van der Waals surface area contributed by atoms with Gasteiger partial charge in [-0.1, -0.05) is 0 Å². The Labute approximate surface area is 103 Å². The number of carbonyl (C=O) groups excluding carboxylic acids is 1. The molecular weight excluding hydrogens is 218 g/mol. The van der Waals surface area contributed by atoms with Crippen LogP contribution in [0.25, 0.3) is 0 Å². The normalized spacial score (nSPS) is 34.2. The first-order valence-corrected chi connectivity index (χ1v) is 6.34. The second-order valence-corrected chi connectivity index (χ2v) is 5.17. The first-order chi connectivity index (χ1) is 8.13. The Bertz CT molecular complexity index is 277. The van der Waals surface area contributed by atoms with E-state index in [2.05, 4.69) is 10.2 Å². The van der Waals surface area contributed by atoms with E-state index in [1.54, 1.807) is 12.0 Å². The van der Waals surface area contributed by atoms with Crippen molar-refractivity contribution < 1.29 is 9.53 Å². The van der Waals surface area contributed by atoms with Gasteiger partial charge in [0.25, 0.3) is 0 Å². The van der Waals surface area contributed by atoms with Gasteiger partial charge in [0, 0.05) is 46.9 Å². The molecular formula is C12H23N3O2. The summed E-state index contributed by atoms with van der Waals surface area (Å²) in [7, 11) is 5.42. The number of hydrogen-bond acceptors (Lipinski definition) is 4. The first-order valence-electron chi connectivity index (χ1n) is 6.34. The molecule has 1 saturated heterocycles. The van der Waals surface area contributed by atoms with Crippen LogP contribution in [0.5, 0.6) is 0 Å². The van der Waals surface area contributed by atoms with Crippen molar-refractivity contribution in [1.82, 2.24) is 15.1 Å². The zero-order chi connectivity index (χ0) is 12.4. The lowest BCUT2D eigenvalue weighted by Gasteiger charge is -2.47. The van der Waals surface area contributed by atoms with Gasteiger partial charge >= 0.3 is 0 Å². The maximum atomic E-state index is 12.1. The smallest absolute Gasteiger partial charge is 0.240 e. The molecule has 2 fully saturated rings. The van der Waals surface area contributed by atoms with Gasteiger partial charge in [-0.3, -0.25) is 9.69 Å². The van der Waals surface area contributed by atoms with E-state index in [1.807, 2.05) is 14.1 Å². The number of hydrogen-bond donors (Lipinski definition) is 1. The number of carbonyl (C=O) groups is 1. The third-order valence-electron chi connectivity index (χ3n) is 3.88. The van der Waals surface area contributed by atoms with Crippen molar-refractivity contribution in [3.63, 3.8) is 0 Å². The predicted octanol–water partition coefficient (Wildman–Crippen LogP) is -0.474. The molecule has 0 radical (unpaired) electrons. The Morgan fingerprint density at radius 1 is 1.41 bits per heavy atom. The lowest BCUT2D eigenvalue weighted by Crippen LogP contribution is -2.63. The molecule has 2 rings (SSSR count). The molecule has 1 aliphatic heterocycles. The molecule has 1 aliphatic carbocycles. The van der Waals surface area contributed by atoms with Gasteiger partial charge in [-0.15, -0.1) is 0 Å². The Balaban J connectivity index is 1.96. The zero-order valence-corrected chi connectivity index (χ0v) is 11.0. The first kappa shape index (κ1) is 12.8. The monoisotopic (exact) mass is 241 g/mol. The number of nitrogens with zero attached hydrogens (tertiary/aromatic N) is 2. The maximum absolute atomic E-state index is 12.1. The summed E-state index contributed by atoms with van der Waals surface area (Å²) in [5.74, 6) is 0.207. The van der Waals surface area contributed by atoms with Gasteiger partial charge < -0.3 is 15.0 Å². The van der Waals surface area contributed by atoms with Crippen LogP contribution in [0.1, 0.15) is 12.8 Å². The highest BCUT2D eigenvalue weighted by atomic mass is 16.5. The molecule has 0 bridgehead atoms. The van der Waals surface area contributed by atoms with E-state index in [0.29, 0.717) is 12.1 Å². The Morgan fingerprint density at radius 2 is 2.12 bits per heavy atom. The molecule has 0 aromatic heterocycles. The van der Waals surface area contributed by atoms with Crippen LogP contribution in [0, 0.1) is 0 Å². The largest absolute Gasteiger partial charge is 0.381 e. The van der Waals surface area contributed by atoms with Crippen LogP contribution in [0.4, 0.5) is 0 Å². The Kier molecular flexibility index (Phi) is 4.01. The van der Waals surface area contributed by atoms with Gasteiger partial charge in [0.15, 0.2) is 0 Å². The summed E-state index contributed by atoms with van der Waals surface area (Å²) >= 11 is 0. The second kappa shape index (κ2) is 5.33. The summed E-state index contributed by atoms with van der Waals surface area (Å²) in [5.41, 5.74) is 0. The Hall–Kier alpha value is -0.650. The van der Waals surface area contributed by atoms with Crippen LogP contribution in [0.15, 0.2) is 0 Å². The number of piperazine rings is 1. The number of methoxy groups -OCH3 is 1. The number of likely N-dealkylation sites (N-methyl/N-ethyl adjacent to an activating group) is 1. The van der Waals surface area contributed by atoms with Gasteiger partial charge in [0.05, 0.1) is 6.10 Å². The molecule has 17 heavy (non-hydrogen) atoms. The third-order valence-corrected chi connectivity index (χ3v) is 3.88. The highest BCUT2D eigenvalue weighted by Gasteiger charge is 2.40. The van der Waals surface area contributed by atoms with E-state index in [9.17, 15) is 4.79 Å². The molecule has 1 amide bonds. The number of nitrogens with one attached hydrogen (secondary N) is 1. The van der Waals surface area contributed by atoms with Crippen molar-refractivity contribution in [2.45, 2.75) is 31.0 Å². The van der Waals surface area contributed by atoms with Crippen LogP contribution >= 0.6 is 0 Å². The highest BCUT2D eigenvalue weighted by molar-refractivity contribution is 5.81. The van der Waals surface area contributed by atoms with Gasteiger partial charge in [0.2, 0.25) is 5.91 Å². The quantitative estimate of drug-likeness (QED) is 0.725. The number of amides is 1. The topological polar surface area (TPSA) is 44.8 Å². The highest BCUT2D eigenvalue weighted by Crippen LogP contribution is 2.29. The fraction of sp³-hybridized carbons (Fsp3) is 0.917. The average Bonchev–Trinajstić information content (AvgIpc) is 2.27. The molecule has 1 atom stereocenters. The molecule has 1 unspecified atom stereocenters. The van der Waals surface area contributed by atoms with Gasteiger partial charge in [-0.05, 0) is 12.8 Å². The van der Waals surface area contributed by atoms with E-state index in [4.69, 9.17) is 4.74 Å². The van der Waals surface area contributed by atoms with Crippen LogP contribution in [0.3, 0.4) is 0 Å².